The van der Waals surface area contributed by atoms with Crippen LogP contribution < -0.4 is 0 Å². The Morgan fingerprint density at radius 3 is 2.24 bits per heavy atom. The summed E-state index contributed by atoms with van der Waals surface area (Å²) in [6, 6.07) is 4.36. The van der Waals surface area contributed by atoms with Gasteiger partial charge in [0.05, 0.1) is 5.02 Å². The van der Waals surface area contributed by atoms with E-state index < -0.39 is 23.5 Å². The van der Waals surface area contributed by atoms with Gasteiger partial charge in [-0.25, -0.2) is 4.39 Å². The molecule has 2 bridgehead atoms. The molecule has 0 spiro atoms. The van der Waals surface area contributed by atoms with Crippen molar-refractivity contribution >= 4 is 18.6 Å². The molecule has 0 N–H and O–H groups in total. The fourth-order valence-electron chi connectivity index (χ4n) is 3.41. The van der Waals surface area contributed by atoms with Crippen LogP contribution in [0.15, 0.2) is 18.2 Å². The summed E-state index contributed by atoms with van der Waals surface area (Å²) in [7, 11) is 0. The zero-order chi connectivity index (χ0) is 12.5. The van der Waals surface area contributed by atoms with E-state index in [4.69, 9.17) is 11.6 Å². The van der Waals surface area contributed by atoms with Gasteiger partial charge in [0.2, 0.25) is 0 Å². The lowest BCUT2D eigenvalue weighted by Crippen LogP contribution is -2.67. The van der Waals surface area contributed by atoms with Crippen LogP contribution in [0.4, 0.5) is 17.3 Å². The second kappa shape index (κ2) is 3.00. The highest BCUT2D eigenvalue weighted by Crippen LogP contribution is 2.82. The van der Waals surface area contributed by atoms with Gasteiger partial charge in [-0.3, -0.25) is 0 Å². The molecule has 0 unspecified atom stereocenters. The molecule has 17 heavy (non-hydrogen) atoms. The normalized spacial score (nSPS) is 35.1. The first kappa shape index (κ1) is 11.4. The molecular formula is C11H9BClF4-. The highest BCUT2D eigenvalue weighted by Gasteiger charge is 2.74. The molecule has 0 heterocycles. The zero-order valence-corrected chi connectivity index (χ0v) is 9.58. The largest absolute Gasteiger partial charge is 0.484 e. The molecule has 0 aliphatic heterocycles. The van der Waals surface area contributed by atoms with E-state index in [1.54, 1.807) is 6.07 Å². The van der Waals surface area contributed by atoms with E-state index >= 15 is 0 Å². The summed E-state index contributed by atoms with van der Waals surface area (Å²) in [5.74, 6) is -0.555. The fraction of sp³-hybridized carbons (Fsp3) is 0.455. The number of benzene rings is 1. The molecule has 3 aliphatic rings. The van der Waals surface area contributed by atoms with Crippen LogP contribution in [0.2, 0.25) is 10.3 Å². The van der Waals surface area contributed by atoms with Crippen LogP contribution in [0.3, 0.4) is 0 Å². The Bertz CT molecular complexity index is 477. The molecule has 0 aromatic heterocycles. The fourth-order valence-corrected chi connectivity index (χ4v) is 3.74. The summed E-state index contributed by atoms with van der Waals surface area (Å²) in [4.78, 5) is 0. The van der Waals surface area contributed by atoms with Gasteiger partial charge in [0.25, 0.3) is 0 Å². The van der Waals surface area contributed by atoms with Crippen LogP contribution in [0.25, 0.3) is 0 Å². The molecule has 4 rings (SSSR count). The quantitative estimate of drug-likeness (QED) is 0.544. The van der Waals surface area contributed by atoms with E-state index in [1.807, 2.05) is 0 Å². The van der Waals surface area contributed by atoms with Crippen LogP contribution in [0.1, 0.15) is 24.8 Å². The third kappa shape index (κ3) is 1.26. The minimum atomic E-state index is -4.79. The summed E-state index contributed by atoms with van der Waals surface area (Å²) in [5, 5.41) is -1.48. The Balaban J connectivity index is 1.90. The Labute approximate surface area is 101 Å². The van der Waals surface area contributed by atoms with Crippen molar-refractivity contribution in [1.82, 2.24) is 0 Å². The van der Waals surface area contributed by atoms with Gasteiger partial charge < -0.3 is 12.9 Å². The van der Waals surface area contributed by atoms with Gasteiger partial charge in [-0.1, -0.05) is 48.3 Å². The standard InChI is InChI=1S/C11H9BClF4/c13-9-7(2-1-3-8(9)14)10-4-11(5-10,6-10)12(15,16)17/h1-3H,4-6H2/q-1. The summed E-state index contributed by atoms with van der Waals surface area (Å²) in [6.45, 7) is -4.79. The zero-order valence-electron chi connectivity index (χ0n) is 8.82. The van der Waals surface area contributed by atoms with Crippen LogP contribution >= 0.6 is 11.6 Å². The number of rotatable bonds is 2. The summed E-state index contributed by atoms with van der Waals surface area (Å²) >= 11 is 5.82. The third-order valence-corrected chi connectivity index (χ3v) is 4.67. The Morgan fingerprint density at radius 2 is 1.71 bits per heavy atom. The maximum Gasteiger partial charge on any atom is 0.484 e. The van der Waals surface area contributed by atoms with Gasteiger partial charge in [-0.05, 0) is 17.0 Å². The van der Waals surface area contributed by atoms with Gasteiger partial charge in [-0.15, -0.1) is 0 Å². The summed E-state index contributed by atoms with van der Waals surface area (Å²) < 4.78 is 51.5. The monoisotopic (exact) mass is 263 g/mol. The molecule has 0 saturated heterocycles. The maximum atomic E-state index is 13.3. The molecule has 3 fully saturated rings. The van der Waals surface area contributed by atoms with Crippen molar-refractivity contribution in [3.63, 3.8) is 0 Å². The van der Waals surface area contributed by atoms with E-state index in [-0.39, 0.29) is 24.3 Å². The van der Waals surface area contributed by atoms with Crippen LogP contribution in [-0.4, -0.2) is 6.98 Å². The number of hydrogen-bond donors (Lipinski definition) is 0. The second-order valence-corrected chi connectivity index (χ2v) is 5.73. The Kier molecular flexibility index (Phi) is 2.01. The van der Waals surface area contributed by atoms with Crippen molar-refractivity contribution in [3.05, 3.63) is 34.6 Å². The topological polar surface area (TPSA) is 0 Å². The van der Waals surface area contributed by atoms with Crippen LogP contribution in [0, 0.1) is 5.82 Å². The van der Waals surface area contributed by atoms with Crippen molar-refractivity contribution in [2.45, 2.75) is 30.0 Å². The lowest BCUT2D eigenvalue weighted by atomic mass is 9.23. The van der Waals surface area contributed by atoms with Crippen molar-refractivity contribution in [2.75, 3.05) is 0 Å². The highest BCUT2D eigenvalue weighted by atomic mass is 35.5. The Hall–Kier alpha value is -0.705. The molecule has 1 aromatic rings. The molecule has 6 heteroatoms. The van der Waals surface area contributed by atoms with Crippen molar-refractivity contribution in [3.8, 4) is 0 Å². The minimum absolute atomic E-state index is 0.0181. The van der Waals surface area contributed by atoms with Crippen LogP contribution in [0.5, 0.6) is 0 Å². The van der Waals surface area contributed by atoms with E-state index in [0.717, 1.165) is 0 Å². The summed E-state index contributed by atoms with van der Waals surface area (Å²) in [6.07, 6.45) is 0.228. The SMILES string of the molecule is Fc1cccc(C23CC([B-](F)(F)F)(C2)C3)c1Cl. The molecule has 3 saturated carbocycles. The van der Waals surface area contributed by atoms with Crippen molar-refractivity contribution < 1.29 is 17.3 Å². The molecule has 0 radical (unpaired) electrons. The molecule has 3 aliphatic carbocycles. The minimum Gasteiger partial charge on any atom is -0.449 e. The molecule has 1 aromatic carbocycles. The first-order valence-corrected chi connectivity index (χ1v) is 5.81. The van der Waals surface area contributed by atoms with E-state index in [9.17, 15) is 17.3 Å². The number of hydrogen-bond acceptors (Lipinski definition) is 0. The van der Waals surface area contributed by atoms with Gasteiger partial charge in [-0.2, -0.15) is 0 Å². The first-order chi connectivity index (χ1) is 7.80. The van der Waals surface area contributed by atoms with Crippen molar-refractivity contribution in [2.24, 2.45) is 0 Å². The highest BCUT2D eigenvalue weighted by molar-refractivity contribution is 6.63. The van der Waals surface area contributed by atoms with E-state index in [2.05, 4.69) is 0 Å². The predicted octanol–water partition coefficient (Wildman–Crippen LogP) is 4.50. The van der Waals surface area contributed by atoms with Gasteiger partial charge in [0.1, 0.15) is 5.82 Å². The average molecular weight is 263 g/mol. The first-order valence-electron chi connectivity index (χ1n) is 5.44. The van der Waals surface area contributed by atoms with Crippen LogP contribution in [-0.2, 0) is 5.41 Å². The van der Waals surface area contributed by atoms with Gasteiger partial charge >= 0.3 is 6.98 Å². The van der Waals surface area contributed by atoms with Gasteiger partial charge in [0, 0.05) is 0 Å². The number of halogens is 5. The molecule has 92 valence electrons. The van der Waals surface area contributed by atoms with E-state index in [0.29, 0.717) is 5.56 Å². The molecular weight excluding hydrogens is 254 g/mol. The lowest BCUT2D eigenvalue weighted by Gasteiger charge is -2.75. The third-order valence-electron chi connectivity index (χ3n) is 4.29. The molecule has 0 atom stereocenters. The smallest absolute Gasteiger partial charge is 0.449 e. The van der Waals surface area contributed by atoms with Crippen molar-refractivity contribution in [1.29, 1.82) is 0 Å². The van der Waals surface area contributed by atoms with Gasteiger partial charge in [0.15, 0.2) is 0 Å². The van der Waals surface area contributed by atoms with E-state index in [1.165, 1.54) is 12.1 Å². The second-order valence-electron chi connectivity index (χ2n) is 5.35. The molecule has 0 amide bonds. The summed E-state index contributed by atoms with van der Waals surface area (Å²) in [5.41, 5.74) is 0.0253. The predicted molar refractivity (Wildman–Crippen MR) is 58.7 cm³/mol. The average Bonchev–Trinajstić information content (AvgIpc) is 2.05. The molecule has 0 nitrogen and oxygen atoms in total. The maximum absolute atomic E-state index is 13.3. The Morgan fingerprint density at radius 1 is 1.12 bits per heavy atom. The lowest BCUT2D eigenvalue weighted by molar-refractivity contribution is -0.0401.